The van der Waals surface area contributed by atoms with Gasteiger partial charge in [-0.1, -0.05) is 31.4 Å². The molecule has 9 heteroatoms. The van der Waals surface area contributed by atoms with Crippen LogP contribution in [0.1, 0.15) is 85.1 Å². The first-order chi connectivity index (χ1) is 19.9. The molecule has 1 aliphatic carbocycles. The molecule has 4 fully saturated rings. The molecular weight excluding hydrogens is 533 g/mol. The number of carbonyl (C=O) groups is 3. The summed E-state index contributed by atoms with van der Waals surface area (Å²) in [5.41, 5.74) is 0.00206. The summed E-state index contributed by atoms with van der Waals surface area (Å²) in [6.45, 7) is 12.9. The second-order valence-electron chi connectivity index (χ2n) is 14.4. The highest BCUT2D eigenvalue weighted by Gasteiger charge is 2.54. The van der Waals surface area contributed by atoms with E-state index in [1.165, 1.54) is 18.6 Å². The lowest BCUT2D eigenvalue weighted by molar-refractivity contribution is -0.147. The fourth-order valence-corrected chi connectivity index (χ4v) is 7.69. The van der Waals surface area contributed by atoms with Crippen LogP contribution in [0.2, 0.25) is 0 Å². The Morgan fingerprint density at radius 2 is 1.62 bits per heavy atom. The van der Waals surface area contributed by atoms with Crippen LogP contribution in [-0.2, 0) is 16.0 Å². The molecular formula is C33H50FN5O3. The molecule has 0 radical (unpaired) electrons. The minimum absolute atomic E-state index is 0.119. The Morgan fingerprint density at radius 3 is 2.17 bits per heavy atom. The van der Waals surface area contributed by atoms with Gasteiger partial charge in [0.2, 0.25) is 11.8 Å². The van der Waals surface area contributed by atoms with Crippen molar-refractivity contribution in [1.29, 1.82) is 0 Å². The number of piperidine rings is 1. The van der Waals surface area contributed by atoms with Gasteiger partial charge in [-0.05, 0) is 83.9 Å². The van der Waals surface area contributed by atoms with E-state index in [9.17, 15) is 18.8 Å². The summed E-state index contributed by atoms with van der Waals surface area (Å²) in [6, 6.07) is 6.21. The number of piperazine rings is 1. The Hall–Kier alpha value is -2.68. The highest BCUT2D eigenvalue weighted by Crippen LogP contribution is 2.46. The van der Waals surface area contributed by atoms with Gasteiger partial charge in [-0.3, -0.25) is 14.5 Å². The summed E-state index contributed by atoms with van der Waals surface area (Å²) in [6.07, 6.45) is 7.18. The van der Waals surface area contributed by atoms with E-state index >= 15 is 0 Å². The summed E-state index contributed by atoms with van der Waals surface area (Å²) in [5.74, 6) is -0.0162. The van der Waals surface area contributed by atoms with E-state index in [-0.39, 0.29) is 35.2 Å². The van der Waals surface area contributed by atoms with Crippen LogP contribution in [-0.4, -0.2) is 88.4 Å². The molecule has 3 heterocycles. The van der Waals surface area contributed by atoms with Crippen LogP contribution in [0.25, 0.3) is 0 Å². The van der Waals surface area contributed by atoms with Crippen LogP contribution in [0.3, 0.4) is 0 Å². The SMILES string of the molecule is CC(C)N1CC2C1CN2C(=O)NC(Cc1ccc(F)cc1)C(=O)N1CCC(C(=O)NC(C)(C)C)(C2CCCCC2)CC1. The van der Waals surface area contributed by atoms with Crippen LogP contribution in [0, 0.1) is 17.2 Å². The monoisotopic (exact) mass is 583 g/mol. The number of halogens is 1. The second kappa shape index (κ2) is 12.1. The van der Waals surface area contributed by atoms with Gasteiger partial charge in [-0.15, -0.1) is 0 Å². The van der Waals surface area contributed by atoms with Crippen molar-refractivity contribution in [2.45, 2.75) is 116 Å². The van der Waals surface area contributed by atoms with Crippen molar-refractivity contribution in [1.82, 2.24) is 25.3 Å². The average molecular weight is 584 g/mol. The number of carbonyl (C=O) groups excluding carboxylic acids is 3. The Labute approximate surface area is 250 Å². The number of fused-ring (bicyclic) bond motifs is 1. The van der Waals surface area contributed by atoms with E-state index in [1.54, 1.807) is 12.1 Å². The summed E-state index contributed by atoms with van der Waals surface area (Å²) >= 11 is 0. The molecule has 1 aromatic rings. The number of rotatable bonds is 7. The second-order valence-corrected chi connectivity index (χ2v) is 14.4. The quantitative estimate of drug-likeness (QED) is 0.501. The number of hydrogen-bond donors (Lipinski definition) is 2. The number of urea groups is 1. The molecule has 0 spiro atoms. The minimum Gasteiger partial charge on any atom is -0.351 e. The van der Waals surface area contributed by atoms with Gasteiger partial charge in [-0.2, -0.15) is 0 Å². The molecule has 2 N–H and O–H groups in total. The first kappa shape index (κ1) is 30.8. The zero-order valence-corrected chi connectivity index (χ0v) is 26.1. The van der Waals surface area contributed by atoms with Crippen LogP contribution < -0.4 is 10.6 Å². The lowest BCUT2D eigenvalue weighted by Crippen LogP contribution is -2.81. The van der Waals surface area contributed by atoms with Crippen molar-refractivity contribution in [3.8, 4) is 0 Å². The van der Waals surface area contributed by atoms with Crippen LogP contribution in [0.5, 0.6) is 0 Å². The van der Waals surface area contributed by atoms with E-state index in [2.05, 4.69) is 29.4 Å². The molecule has 232 valence electrons. The number of amides is 4. The maximum atomic E-state index is 14.0. The smallest absolute Gasteiger partial charge is 0.318 e. The Bertz CT molecular complexity index is 1140. The zero-order valence-electron chi connectivity index (χ0n) is 26.1. The van der Waals surface area contributed by atoms with Gasteiger partial charge < -0.3 is 20.4 Å². The first-order valence-electron chi connectivity index (χ1n) is 16.1. The van der Waals surface area contributed by atoms with E-state index < -0.39 is 11.5 Å². The molecule has 42 heavy (non-hydrogen) atoms. The molecule has 1 aromatic carbocycles. The summed E-state index contributed by atoms with van der Waals surface area (Å²) in [5, 5.41) is 6.32. The van der Waals surface area contributed by atoms with Gasteiger partial charge in [0.05, 0.1) is 11.5 Å². The van der Waals surface area contributed by atoms with Crippen LogP contribution in [0.15, 0.2) is 24.3 Å². The van der Waals surface area contributed by atoms with Crippen molar-refractivity contribution in [3.63, 3.8) is 0 Å². The van der Waals surface area contributed by atoms with E-state index in [0.717, 1.165) is 37.8 Å². The molecule has 3 unspecified atom stereocenters. The third-order valence-corrected chi connectivity index (χ3v) is 10.2. The maximum absolute atomic E-state index is 14.0. The topological polar surface area (TPSA) is 85.0 Å². The highest BCUT2D eigenvalue weighted by molar-refractivity contribution is 5.89. The summed E-state index contributed by atoms with van der Waals surface area (Å²) < 4.78 is 13.6. The zero-order chi connectivity index (χ0) is 30.2. The van der Waals surface area contributed by atoms with Crippen molar-refractivity contribution in [3.05, 3.63) is 35.6 Å². The predicted molar refractivity (Wildman–Crippen MR) is 161 cm³/mol. The standard InChI is InChI=1S/C33H50FN5O3/c1-22(2)38-20-28-27(38)21-39(28)31(42)35-26(19-23-11-13-25(34)14-12-23)29(40)37-17-15-33(16-18-37,24-9-7-6-8-10-24)30(41)36-32(3,4)5/h11-14,22,24,26-28H,6-10,15-21H2,1-5H3,(H,35,42)(H,36,41). The van der Waals surface area contributed by atoms with Crippen LogP contribution in [0.4, 0.5) is 9.18 Å². The van der Waals surface area contributed by atoms with Crippen molar-refractivity contribution in [2.75, 3.05) is 26.2 Å². The third-order valence-electron chi connectivity index (χ3n) is 10.2. The normalized spacial score (nSPS) is 25.2. The lowest BCUT2D eigenvalue weighted by atomic mass is 9.63. The molecule has 8 nitrogen and oxygen atoms in total. The van der Waals surface area contributed by atoms with Gasteiger partial charge in [-0.25, -0.2) is 9.18 Å². The van der Waals surface area contributed by atoms with E-state index in [4.69, 9.17) is 0 Å². The first-order valence-corrected chi connectivity index (χ1v) is 16.1. The Kier molecular flexibility index (Phi) is 8.89. The van der Waals surface area contributed by atoms with Crippen molar-refractivity contribution < 1.29 is 18.8 Å². The molecule has 3 aliphatic heterocycles. The van der Waals surface area contributed by atoms with Crippen LogP contribution >= 0.6 is 0 Å². The molecule has 1 saturated carbocycles. The fraction of sp³-hybridized carbons (Fsp3) is 0.727. The molecule has 3 atom stereocenters. The van der Waals surface area contributed by atoms with Gasteiger partial charge in [0, 0.05) is 50.2 Å². The molecule has 4 aliphatic rings. The fourth-order valence-electron chi connectivity index (χ4n) is 7.69. The Balaban J connectivity index is 1.28. The average Bonchev–Trinajstić information content (AvgIpc) is 2.94. The van der Waals surface area contributed by atoms with Crippen molar-refractivity contribution >= 4 is 17.8 Å². The minimum atomic E-state index is -0.756. The van der Waals surface area contributed by atoms with Gasteiger partial charge in [0.1, 0.15) is 11.9 Å². The number of benzene rings is 1. The molecule has 3 saturated heterocycles. The largest absolute Gasteiger partial charge is 0.351 e. The predicted octanol–water partition coefficient (Wildman–Crippen LogP) is 4.33. The summed E-state index contributed by atoms with van der Waals surface area (Å²) in [7, 11) is 0. The summed E-state index contributed by atoms with van der Waals surface area (Å²) in [4.78, 5) is 47.3. The van der Waals surface area contributed by atoms with E-state index in [0.29, 0.717) is 56.9 Å². The number of nitrogens with one attached hydrogen (secondary N) is 2. The Morgan fingerprint density at radius 1 is 0.976 bits per heavy atom. The van der Waals surface area contributed by atoms with E-state index in [1.807, 2.05) is 30.6 Å². The molecule has 5 rings (SSSR count). The molecule has 4 amide bonds. The highest BCUT2D eigenvalue weighted by atomic mass is 19.1. The molecule has 0 aromatic heterocycles. The van der Waals surface area contributed by atoms with Gasteiger partial charge >= 0.3 is 6.03 Å². The van der Waals surface area contributed by atoms with Gasteiger partial charge in [0.15, 0.2) is 0 Å². The molecule has 0 bridgehead atoms. The number of likely N-dealkylation sites (tertiary alicyclic amines) is 3. The van der Waals surface area contributed by atoms with Gasteiger partial charge in [0.25, 0.3) is 0 Å². The number of hydrogen-bond acceptors (Lipinski definition) is 4. The lowest BCUT2D eigenvalue weighted by Gasteiger charge is -2.63. The van der Waals surface area contributed by atoms with Crippen molar-refractivity contribution in [2.24, 2.45) is 11.3 Å². The number of nitrogens with zero attached hydrogens (tertiary/aromatic N) is 3. The maximum Gasteiger partial charge on any atom is 0.318 e. The third kappa shape index (κ3) is 6.31.